The van der Waals surface area contributed by atoms with E-state index in [1.54, 1.807) is 12.1 Å². The van der Waals surface area contributed by atoms with Crippen LogP contribution in [0, 0.1) is 5.82 Å². The third-order valence-electron chi connectivity index (χ3n) is 6.08. The lowest BCUT2D eigenvalue weighted by Crippen LogP contribution is -2.34. The number of nitrogens with one attached hydrogen (secondary N) is 2. The van der Waals surface area contributed by atoms with Crippen molar-refractivity contribution in [3.8, 4) is 11.4 Å². The second kappa shape index (κ2) is 9.97. The number of aliphatic hydroxyl groups excluding tert-OH is 2. The van der Waals surface area contributed by atoms with Crippen LogP contribution in [0.15, 0.2) is 60.9 Å². The molecule has 0 unspecified atom stereocenters. The summed E-state index contributed by atoms with van der Waals surface area (Å²) in [5.41, 5.74) is 2.20. The summed E-state index contributed by atoms with van der Waals surface area (Å²) in [6.45, 7) is 0.456. The first-order chi connectivity index (χ1) is 17.4. The van der Waals surface area contributed by atoms with E-state index in [4.69, 9.17) is 4.74 Å². The van der Waals surface area contributed by atoms with E-state index in [0.29, 0.717) is 29.1 Å². The minimum Gasteiger partial charge on any atom is -0.388 e. The Hall–Kier alpha value is -3.93. The molecule has 186 valence electrons. The number of carbonyl (C=O) groups excluding carboxylic acids is 1. The van der Waals surface area contributed by atoms with Crippen molar-refractivity contribution in [1.82, 2.24) is 24.8 Å². The van der Waals surface area contributed by atoms with Crippen LogP contribution in [0.3, 0.4) is 0 Å². The predicted octanol–water partition coefficient (Wildman–Crippen LogP) is 2.00. The van der Waals surface area contributed by atoms with Gasteiger partial charge in [0.25, 0.3) is 0 Å². The van der Waals surface area contributed by atoms with Crippen LogP contribution in [0.4, 0.5) is 10.2 Å². The Kier molecular flexibility index (Phi) is 6.59. The number of amides is 1. The highest BCUT2D eigenvalue weighted by atomic mass is 19.1. The third-order valence-corrected chi connectivity index (χ3v) is 6.08. The van der Waals surface area contributed by atoms with Crippen molar-refractivity contribution >= 4 is 22.9 Å². The van der Waals surface area contributed by atoms with Crippen molar-refractivity contribution in [3.05, 3.63) is 72.3 Å². The first kappa shape index (κ1) is 23.8. The maximum absolute atomic E-state index is 14.0. The van der Waals surface area contributed by atoms with E-state index >= 15 is 0 Å². The smallest absolute Gasteiger partial charge is 0.222 e. The Labute approximate surface area is 205 Å². The zero-order valence-corrected chi connectivity index (χ0v) is 19.4. The summed E-state index contributed by atoms with van der Waals surface area (Å²) >= 11 is 0. The van der Waals surface area contributed by atoms with E-state index in [0.717, 1.165) is 5.56 Å². The molecule has 1 saturated heterocycles. The summed E-state index contributed by atoms with van der Waals surface area (Å²) < 4.78 is 21.3. The number of halogens is 1. The predicted molar refractivity (Wildman–Crippen MR) is 129 cm³/mol. The standard InChI is InChI=1S/C25H25FN6O4/c1-27-18(33)11-17-20(34)21(35)25(36-17)32-13-29-19-23(28-12-14-6-3-2-4-7-14)30-22(31-24(19)32)15-8-5-9-16(26)10-15/h2-10,13,17,20-21,25,34-35H,11-12H2,1H3,(H,27,33)(H,28,30,31)/t17-,20+,21+,25+/m0/s1. The summed E-state index contributed by atoms with van der Waals surface area (Å²) in [7, 11) is 1.48. The van der Waals surface area contributed by atoms with Crippen LogP contribution in [0.1, 0.15) is 18.2 Å². The molecule has 1 amide bonds. The molecule has 2 aromatic heterocycles. The topological polar surface area (TPSA) is 134 Å². The number of ether oxygens (including phenoxy) is 1. The lowest BCUT2D eigenvalue weighted by Gasteiger charge is -2.17. The van der Waals surface area contributed by atoms with E-state index in [2.05, 4.69) is 25.6 Å². The highest BCUT2D eigenvalue weighted by molar-refractivity contribution is 5.85. The molecular formula is C25H25FN6O4. The Morgan fingerprint density at radius 2 is 1.92 bits per heavy atom. The molecule has 1 aliphatic rings. The Balaban J connectivity index is 1.55. The minimum atomic E-state index is -1.33. The van der Waals surface area contributed by atoms with Crippen molar-refractivity contribution in [3.63, 3.8) is 0 Å². The number of anilines is 1. The molecule has 0 aliphatic carbocycles. The number of benzene rings is 2. The first-order valence-electron chi connectivity index (χ1n) is 11.4. The van der Waals surface area contributed by atoms with Crippen molar-refractivity contribution in [2.24, 2.45) is 0 Å². The molecule has 0 spiro atoms. The Bertz CT molecular complexity index is 1380. The molecule has 2 aromatic carbocycles. The molecule has 36 heavy (non-hydrogen) atoms. The number of aliphatic hydroxyl groups is 2. The van der Waals surface area contributed by atoms with E-state index in [1.165, 1.54) is 30.1 Å². The van der Waals surface area contributed by atoms with Crippen LogP contribution in [0.25, 0.3) is 22.6 Å². The second-order valence-corrected chi connectivity index (χ2v) is 8.49. The van der Waals surface area contributed by atoms with Crippen molar-refractivity contribution in [2.75, 3.05) is 12.4 Å². The van der Waals surface area contributed by atoms with Gasteiger partial charge in [0.2, 0.25) is 5.91 Å². The molecule has 1 fully saturated rings. The molecule has 11 heteroatoms. The lowest BCUT2D eigenvalue weighted by atomic mass is 10.1. The van der Waals surface area contributed by atoms with Gasteiger partial charge in [-0.2, -0.15) is 0 Å². The molecule has 1 aliphatic heterocycles. The van der Waals surface area contributed by atoms with Gasteiger partial charge in [0.1, 0.15) is 18.0 Å². The Morgan fingerprint density at radius 1 is 1.11 bits per heavy atom. The molecular weight excluding hydrogens is 467 g/mol. The number of hydrogen-bond acceptors (Lipinski definition) is 8. The number of nitrogens with zero attached hydrogens (tertiary/aromatic N) is 4. The normalized spacial score (nSPS) is 21.6. The summed E-state index contributed by atoms with van der Waals surface area (Å²) in [5.74, 6) is -0.102. The third kappa shape index (κ3) is 4.63. The van der Waals surface area contributed by atoms with Gasteiger partial charge in [-0.15, -0.1) is 0 Å². The minimum absolute atomic E-state index is 0.120. The molecule has 3 heterocycles. The van der Waals surface area contributed by atoms with Crippen LogP contribution in [0.2, 0.25) is 0 Å². The van der Waals surface area contributed by atoms with Crippen LogP contribution < -0.4 is 10.6 Å². The number of aromatic nitrogens is 4. The van der Waals surface area contributed by atoms with Gasteiger partial charge in [0, 0.05) is 19.2 Å². The molecule has 4 aromatic rings. The van der Waals surface area contributed by atoms with Crippen LogP contribution in [-0.2, 0) is 16.1 Å². The highest BCUT2D eigenvalue weighted by Crippen LogP contribution is 2.34. The molecule has 4 N–H and O–H groups in total. The maximum atomic E-state index is 14.0. The van der Waals surface area contributed by atoms with Gasteiger partial charge in [0.15, 0.2) is 29.0 Å². The number of hydrogen-bond donors (Lipinski definition) is 4. The first-order valence-corrected chi connectivity index (χ1v) is 11.4. The van der Waals surface area contributed by atoms with Gasteiger partial charge in [-0.05, 0) is 17.7 Å². The quantitative estimate of drug-likeness (QED) is 0.308. The number of carbonyl (C=O) groups is 1. The summed E-state index contributed by atoms with van der Waals surface area (Å²) in [6, 6.07) is 15.6. The zero-order chi connectivity index (χ0) is 25.2. The lowest BCUT2D eigenvalue weighted by molar-refractivity contribution is -0.125. The average molecular weight is 493 g/mol. The fraction of sp³-hybridized carbons (Fsp3) is 0.280. The molecule has 0 radical (unpaired) electrons. The summed E-state index contributed by atoms with van der Waals surface area (Å²) in [4.78, 5) is 25.5. The maximum Gasteiger partial charge on any atom is 0.222 e. The number of fused-ring (bicyclic) bond motifs is 1. The van der Waals surface area contributed by atoms with E-state index < -0.39 is 30.4 Å². The fourth-order valence-corrected chi connectivity index (χ4v) is 4.18. The summed E-state index contributed by atoms with van der Waals surface area (Å²) in [5, 5.41) is 27.0. The number of imidazole rings is 1. The van der Waals surface area contributed by atoms with E-state index in [1.807, 2.05) is 30.3 Å². The SMILES string of the molecule is CNC(=O)C[C@@H]1O[C@@H](n2cnc3c(NCc4ccccc4)nc(-c4cccc(F)c4)nc32)[C@H](O)[C@@H]1O. The van der Waals surface area contributed by atoms with Gasteiger partial charge in [-0.1, -0.05) is 42.5 Å². The van der Waals surface area contributed by atoms with E-state index in [-0.39, 0.29) is 18.2 Å². The van der Waals surface area contributed by atoms with Crippen molar-refractivity contribution in [1.29, 1.82) is 0 Å². The van der Waals surface area contributed by atoms with Gasteiger partial charge in [0.05, 0.1) is 18.9 Å². The van der Waals surface area contributed by atoms with Crippen LogP contribution >= 0.6 is 0 Å². The average Bonchev–Trinajstić information content (AvgIpc) is 3.44. The summed E-state index contributed by atoms with van der Waals surface area (Å²) in [6.07, 6.45) is -3.26. The molecule has 5 rings (SSSR count). The van der Waals surface area contributed by atoms with Gasteiger partial charge in [-0.25, -0.2) is 19.3 Å². The van der Waals surface area contributed by atoms with Crippen molar-refractivity contribution in [2.45, 2.75) is 37.5 Å². The van der Waals surface area contributed by atoms with Crippen LogP contribution in [-0.4, -0.2) is 61.0 Å². The van der Waals surface area contributed by atoms with Gasteiger partial charge >= 0.3 is 0 Å². The monoisotopic (exact) mass is 492 g/mol. The zero-order valence-electron chi connectivity index (χ0n) is 19.4. The Morgan fingerprint density at radius 3 is 2.67 bits per heavy atom. The number of rotatable bonds is 7. The molecule has 0 saturated carbocycles. The van der Waals surface area contributed by atoms with Gasteiger partial charge < -0.3 is 25.6 Å². The molecule has 0 bridgehead atoms. The second-order valence-electron chi connectivity index (χ2n) is 8.49. The van der Waals surface area contributed by atoms with Crippen LogP contribution in [0.5, 0.6) is 0 Å². The largest absolute Gasteiger partial charge is 0.388 e. The highest BCUT2D eigenvalue weighted by Gasteiger charge is 2.45. The van der Waals surface area contributed by atoms with Crippen molar-refractivity contribution < 1.29 is 24.1 Å². The van der Waals surface area contributed by atoms with E-state index in [9.17, 15) is 19.4 Å². The van der Waals surface area contributed by atoms with Gasteiger partial charge in [-0.3, -0.25) is 9.36 Å². The molecule has 4 atom stereocenters. The molecule has 10 nitrogen and oxygen atoms in total. The fourth-order valence-electron chi connectivity index (χ4n) is 4.18.